The molecule has 136 valence electrons. The summed E-state index contributed by atoms with van der Waals surface area (Å²) < 4.78 is 7.41. The first kappa shape index (κ1) is 19.0. The lowest BCUT2D eigenvalue weighted by atomic mass is 10.2. The molecule has 0 spiro atoms. The van der Waals surface area contributed by atoms with E-state index in [0.29, 0.717) is 0 Å². The van der Waals surface area contributed by atoms with Crippen LogP contribution >= 0.6 is 0 Å². The third-order valence-electron chi connectivity index (χ3n) is 3.50. The highest BCUT2D eigenvalue weighted by Gasteiger charge is 2.16. The quantitative estimate of drug-likeness (QED) is 0.798. The average molecular weight is 344 g/mol. The molecule has 2 aromatic rings. The zero-order valence-electron chi connectivity index (χ0n) is 15.5. The van der Waals surface area contributed by atoms with Crippen LogP contribution in [0.15, 0.2) is 36.8 Å². The van der Waals surface area contributed by atoms with E-state index < -0.39 is 11.7 Å². The van der Waals surface area contributed by atoms with Gasteiger partial charge in [-0.25, -0.2) is 9.78 Å². The van der Waals surface area contributed by atoms with Gasteiger partial charge in [0.15, 0.2) is 0 Å². The van der Waals surface area contributed by atoms with E-state index in [1.165, 1.54) is 5.69 Å². The van der Waals surface area contributed by atoms with Crippen molar-refractivity contribution >= 4 is 11.8 Å². The van der Waals surface area contributed by atoms with Crippen molar-refractivity contribution in [2.75, 3.05) is 5.32 Å². The average Bonchev–Trinajstić information content (AvgIpc) is 2.95. The largest absolute Gasteiger partial charge is 0.444 e. The number of ether oxygens (including phenoxy) is 1. The normalized spacial score (nSPS) is 11.4. The highest BCUT2D eigenvalue weighted by molar-refractivity contribution is 5.84. The fraction of sp³-hybridized carbons (Fsp3) is 0.474. The summed E-state index contributed by atoms with van der Waals surface area (Å²) in [4.78, 5) is 15.9. The minimum absolute atomic E-state index is 0.442. The van der Waals surface area contributed by atoms with Gasteiger partial charge < -0.3 is 14.6 Å². The third-order valence-corrected chi connectivity index (χ3v) is 3.50. The second kappa shape index (κ2) is 8.67. The molecule has 25 heavy (non-hydrogen) atoms. The fourth-order valence-electron chi connectivity index (χ4n) is 2.40. The number of aromatic nitrogens is 2. The maximum absolute atomic E-state index is 11.7. The molecule has 0 radical (unpaired) electrons. The summed E-state index contributed by atoms with van der Waals surface area (Å²) in [5, 5.41) is 6.15. The number of benzene rings is 1. The molecule has 0 aliphatic rings. The number of carbonyl (C=O) groups excluding carboxylic acids is 1. The third kappa shape index (κ3) is 6.58. The van der Waals surface area contributed by atoms with Gasteiger partial charge >= 0.3 is 6.09 Å². The summed E-state index contributed by atoms with van der Waals surface area (Å²) in [6.45, 7) is 10.2. The molecular weight excluding hydrogens is 316 g/mol. The van der Waals surface area contributed by atoms with E-state index in [4.69, 9.17) is 4.74 Å². The molecule has 1 heterocycles. The van der Waals surface area contributed by atoms with Gasteiger partial charge in [-0.1, -0.05) is 19.1 Å². The molecule has 1 aromatic carbocycles. The van der Waals surface area contributed by atoms with Crippen molar-refractivity contribution in [3.05, 3.63) is 48.0 Å². The van der Waals surface area contributed by atoms with Gasteiger partial charge in [0.05, 0.1) is 12.0 Å². The van der Waals surface area contributed by atoms with Crippen LogP contribution in [0.4, 0.5) is 10.5 Å². The number of nitrogens with zero attached hydrogens (tertiary/aromatic N) is 2. The molecule has 0 saturated heterocycles. The minimum atomic E-state index is -0.502. The van der Waals surface area contributed by atoms with Gasteiger partial charge in [-0.3, -0.25) is 5.32 Å². The number of hydrogen-bond acceptors (Lipinski definition) is 4. The van der Waals surface area contributed by atoms with Crippen molar-refractivity contribution in [3.63, 3.8) is 0 Å². The van der Waals surface area contributed by atoms with Crippen molar-refractivity contribution in [1.29, 1.82) is 0 Å². The second-order valence-electron chi connectivity index (χ2n) is 7.01. The zero-order valence-corrected chi connectivity index (χ0v) is 15.5. The van der Waals surface area contributed by atoms with E-state index in [2.05, 4.69) is 27.1 Å². The lowest BCUT2D eigenvalue weighted by Crippen LogP contribution is -2.27. The Kier molecular flexibility index (Phi) is 6.58. The van der Waals surface area contributed by atoms with Crippen molar-refractivity contribution in [2.24, 2.45) is 0 Å². The van der Waals surface area contributed by atoms with Crippen LogP contribution in [0.25, 0.3) is 0 Å². The Morgan fingerprint density at radius 3 is 2.56 bits per heavy atom. The smallest absolute Gasteiger partial charge is 0.412 e. The van der Waals surface area contributed by atoms with Gasteiger partial charge in [-0.2, -0.15) is 0 Å². The Bertz CT molecular complexity index is 671. The first-order valence-corrected chi connectivity index (χ1v) is 8.66. The predicted octanol–water partition coefficient (Wildman–Crippen LogP) is 3.93. The summed E-state index contributed by atoms with van der Waals surface area (Å²) in [6.07, 6.45) is 4.42. The maximum Gasteiger partial charge on any atom is 0.412 e. The number of hydrogen-bond donors (Lipinski definition) is 2. The van der Waals surface area contributed by atoms with E-state index >= 15 is 0 Å². The molecule has 1 amide bonds. The molecule has 6 heteroatoms. The Labute approximate surface area is 149 Å². The summed E-state index contributed by atoms with van der Waals surface area (Å²) in [5.41, 5.74) is 2.55. The number of amides is 1. The number of imidazole rings is 1. The molecule has 0 fully saturated rings. The van der Waals surface area contributed by atoms with Crippen molar-refractivity contribution in [2.45, 2.75) is 59.4 Å². The summed E-state index contributed by atoms with van der Waals surface area (Å²) in [6, 6.07) is 7.73. The minimum Gasteiger partial charge on any atom is -0.444 e. The zero-order chi connectivity index (χ0) is 18.3. The molecule has 0 aliphatic carbocycles. The molecule has 0 saturated carbocycles. The first-order chi connectivity index (χ1) is 11.9. The Morgan fingerprint density at radius 1 is 1.20 bits per heavy atom. The maximum atomic E-state index is 11.7. The van der Waals surface area contributed by atoms with Gasteiger partial charge in [0.25, 0.3) is 0 Å². The van der Waals surface area contributed by atoms with E-state index in [1.807, 2.05) is 57.6 Å². The summed E-state index contributed by atoms with van der Waals surface area (Å²) in [7, 11) is 0. The van der Waals surface area contributed by atoms with Gasteiger partial charge in [0.2, 0.25) is 0 Å². The molecule has 0 aliphatic heterocycles. The van der Waals surface area contributed by atoms with Crippen LogP contribution in [-0.2, 0) is 24.4 Å². The number of anilines is 1. The summed E-state index contributed by atoms with van der Waals surface area (Å²) >= 11 is 0. The van der Waals surface area contributed by atoms with Crippen LogP contribution in [0.5, 0.6) is 0 Å². The van der Waals surface area contributed by atoms with Crippen molar-refractivity contribution < 1.29 is 9.53 Å². The molecule has 0 bridgehead atoms. The molecule has 0 unspecified atom stereocenters. The first-order valence-electron chi connectivity index (χ1n) is 8.66. The lowest BCUT2D eigenvalue weighted by molar-refractivity contribution is 0.0636. The SMILES string of the molecule is CCCn1cncc1CNCc1ccc(NC(=O)OC(C)(C)C)cc1. The fourth-order valence-corrected chi connectivity index (χ4v) is 2.40. The van der Waals surface area contributed by atoms with Crippen LogP contribution in [-0.4, -0.2) is 21.2 Å². The monoisotopic (exact) mass is 344 g/mol. The van der Waals surface area contributed by atoms with E-state index in [0.717, 1.165) is 37.3 Å². The number of nitrogens with one attached hydrogen (secondary N) is 2. The standard InChI is InChI=1S/C19H28N4O2/c1-5-10-23-14-21-13-17(23)12-20-11-15-6-8-16(9-7-15)22-18(24)25-19(2,3)4/h6-9,13-14,20H,5,10-12H2,1-4H3,(H,22,24). The van der Waals surface area contributed by atoms with Crippen LogP contribution in [0, 0.1) is 0 Å². The Balaban J connectivity index is 1.80. The van der Waals surface area contributed by atoms with Crippen LogP contribution in [0.2, 0.25) is 0 Å². The van der Waals surface area contributed by atoms with E-state index in [9.17, 15) is 4.79 Å². The Hall–Kier alpha value is -2.34. The van der Waals surface area contributed by atoms with Crippen LogP contribution in [0.3, 0.4) is 0 Å². The lowest BCUT2D eigenvalue weighted by Gasteiger charge is -2.19. The van der Waals surface area contributed by atoms with E-state index in [-0.39, 0.29) is 0 Å². The van der Waals surface area contributed by atoms with Crippen molar-refractivity contribution in [3.8, 4) is 0 Å². The van der Waals surface area contributed by atoms with Gasteiger partial charge in [-0.05, 0) is 44.9 Å². The molecule has 6 nitrogen and oxygen atoms in total. The predicted molar refractivity (Wildman–Crippen MR) is 99.4 cm³/mol. The van der Waals surface area contributed by atoms with Gasteiger partial charge in [0, 0.05) is 31.5 Å². The molecule has 2 N–H and O–H groups in total. The molecule has 1 aromatic heterocycles. The number of aryl methyl sites for hydroxylation is 1. The van der Waals surface area contributed by atoms with Crippen molar-refractivity contribution in [1.82, 2.24) is 14.9 Å². The highest BCUT2D eigenvalue weighted by Crippen LogP contribution is 2.13. The molecule has 2 rings (SSSR count). The van der Waals surface area contributed by atoms with E-state index in [1.54, 1.807) is 0 Å². The van der Waals surface area contributed by atoms with Crippen LogP contribution in [0.1, 0.15) is 45.4 Å². The Morgan fingerprint density at radius 2 is 1.92 bits per heavy atom. The number of rotatable bonds is 7. The summed E-state index contributed by atoms with van der Waals surface area (Å²) in [5.74, 6) is 0. The number of carbonyl (C=O) groups is 1. The van der Waals surface area contributed by atoms with Gasteiger partial charge in [-0.15, -0.1) is 0 Å². The topological polar surface area (TPSA) is 68.2 Å². The van der Waals surface area contributed by atoms with Gasteiger partial charge in [0.1, 0.15) is 5.60 Å². The second-order valence-corrected chi connectivity index (χ2v) is 7.01. The molecule has 0 atom stereocenters. The highest BCUT2D eigenvalue weighted by atomic mass is 16.6. The van der Waals surface area contributed by atoms with Crippen LogP contribution < -0.4 is 10.6 Å². The molecular formula is C19H28N4O2.